The predicted molar refractivity (Wildman–Crippen MR) is 97.2 cm³/mol. The molecule has 0 bridgehead atoms. The number of nitrogens with zero attached hydrogens (tertiary/aromatic N) is 2. The fourth-order valence-electron chi connectivity index (χ4n) is 3.50. The van der Waals surface area contributed by atoms with Crippen LogP contribution in [0.5, 0.6) is 0 Å². The molecule has 2 heterocycles. The largest absolute Gasteiger partial charge is 0.311 e. The van der Waals surface area contributed by atoms with E-state index in [2.05, 4.69) is 50.4 Å². The number of aromatic nitrogens is 2. The highest BCUT2D eigenvalue weighted by Crippen LogP contribution is 2.37. The van der Waals surface area contributed by atoms with Gasteiger partial charge in [-0.1, -0.05) is 44.2 Å². The van der Waals surface area contributed by atoms with Gasteiger partial charge in [0, 0.05) is 18.5 Å². The van der Waals surface area contributed by atoms with Crippen LogP contribution in [0.4, 0.5) is 5.82 Å². The Labute approximate surface area is 144 Å². The van der Waals surface area contributed by atoms with Crippen molar-refractivity contribution in [2.45, 2.75) is 58.9 Å². The van der Waals surface area contributed by atoms with Crippen molar-refractivity contribution in [3.05, 3.63) is 47.2 Å². The van der Waals surface area contributed by atoms with Gasteiger partial charge in [0.15, 0.2) is 0 Å². The van der Waals surface area contributed by atoms with E-state index in [9.17, 15) is 4.79 Å². The summed E-state index contributed by atoms with van der Waals surface area (Å²) in [4.78, 5) is 12.2. The van der Waals surface area contributed by atoms with E-state index >= 15 is 0 Å². The van der Waals surface area contributed by atoms with Gasteiger partial charge < -0.3 is 5.32 Å². The summed E-state index contributed by atoms with van der Waals surface area (Å²) in [5, 5.41) is 7.77. The number of nitrogens with one attached hydrogen (secondary N) is 1. The number of carbonyl (C=O) groups is 1. The smallest absolute Gasteiger partial charge is 0.226 e. The Balaban J connectivity index is 1.80. The topological polar surface area (TPSA) is 46.9 Å². The summed E-state index contributed by atoms with van der Waals surface area (Å²) in [5.41, 5.74) is 3.64. The summed E-state index contributed by atoms with van der Waals surface area (Å²) in [6.07, 6.45) is 3.62. The lowest BCUT2D eigenvalue weighted by Gasteiger charge is -2.24. The third-order valence-corrected chi connectivity index (χ3v) is 4.81. The number of carbonyl (C=O) groups excluding carboxylic acids is 1. The number of aryl methyl sites for hydroxylation is 3. The van der Waals surface area contributed by atoms with E-state index in [1.807, 2.05) is 10.7 Å². The standard InChI is InChI=1S/C20H27N3O/c1-14(2)11-12-23-20-19(15(3)22-23)17(13-18(24)21-20)10-9-16-7-5-4-6-8-16/h4-8,14,17H,9-13H2,1-3H3,(H,21,24). The zero-order valence-electron chi connectivity index (χ0n) is 14.9. The molecule has 24 heavy (non-hydrogen) atoms. The Hall–Kier alpha value is -2.10. The minimum atomic E-state index is 0.117. The van der Waals surface area contributed by atoms with Crippen LogP contribution in [0.3, 0.4) is 0 Å². The van der Waals surface area contributed by atoms with Gasteiger partial charge >= 0.3 is 0 Å². The van der Waals surface area contributed by atoms with Gasteiger partial charge in [0.2, 0.25) is 5.91 Å². The van der Waals surface area contributed by atoms with Crippen molar-refractivity contribution in [3.63, 3.8) is 0 Å². The van der Waals surface area contributed by atoms with Crippen LogP contribution in [0.25, 0.3) is 0 Å². The monoisotopic (exact) mass is 325 g/mol. The zero-order valence-corrected chi connectivity index (χ0v) is 14.9. The second-order valence-electron chi connectivity index (χ2n) is 7.23. The highest BCUT2D eigenvalue weighted by Gasteiger charge is 2.30. The number of fused-ring (bicyclic) bond motifs is 1. The number of hydrogen-bond acceptors (Lipinski definition) is 2. The molecule has 1 atom stereocenters. The molecule has 1 unspecified atom stereocenters. The first kappa shape index (κ1) is 16.7. The normalized spacial score (nSPS) is 17.0. The highest BCUT2D eigenvalue weighted by molar-refractivity contribution is 5.94. The summed E-state index contributed by atoms with van der Waals surface area (Å²) >= 11 is 0. The number of hydrogen-bond donors (Lipinski definition) is 1. The van der Waals surface area contributed by atoms with E-state index in [-0.39, 0.29) is 11.8 Å². The molecule has 128 valence electrons. The number of amides is 1. The molecule has 1 aromatic carbocycles. The van der Waals surface area contributed by atoms with E-state index in [1.165, 1.54) is 11.1 Å². The molecule has 0 radical (unpaired) electrons. The summed E-state index contributed by atoms with van der Waals surface area (Å²) in [6, 6.07) is 10.5. The van der Waals surface area contributed by atoms with Gasteiger partial charge in [-0.3, -0.25) is 4.79 Å². The number of benzene rings is 1. The summed E-state index contributed by atoms with van der Waals surface area (Å²) < 4.78 is 2.00. The lowest BCUT2D eigenvalue weighted by molar-refractivity contribution is -0.116. The van der Waals surface area contributed by atoms with Gasteiger partial charge in [-0.25, -0.2) is 4.68 Å². The van der Waals surface area contributed by atoms with Gasteiger partial charge in [-0.15, -0.1) is 0 Å². The van der Waals surface area contributed by atoms with E-state index < -0.39 is 0 Å². The molecule has 0 saturated carbocycles. The van der Waals surface area contributed by atoms with E-state index in [0.717, 1.165) is 37.3 Å². The SMILES string of the molecule is Cc1nn(CCC(C)C)c2c1C(CCc1ccccc1)CC(=O)N2. The fourth-order valence-corrected chi connectivity index (χ4v) is 3.50. The molecular formula is C20H27N3O. The lowest BCUT2D eigenvalue weighted by atomic mass is 9.87. The molecule has 1 amide bonds. The van der Waals surface area contributed by atoms with Crippen molar-refractivity contribution in [2.24, 2.45) is 5.92 Å². The molecule has 1 N–H and O–H groups in total. The number of anilines is 1. The number of rotatable bonds is 6. The minimum Gasteiger partial charge on any atom is -0.311 e. The molecule has 4 nitrogen and oxygen atoms in total. The highest BCUT2D eigenvalue weighted by atomic mass is 16.1. The van der Waals surface area contributed by atoms with Crippen LogP contribution in [0.1, 0.15) is 55.8 Å². The van der Waals surface area contributed by atoms with Gasteiger partial charge in [-0.2, -0.15) is 5.10 Å². The Morgan fingerprint density at radius 1 is 1.29 bits per heavy atom. The maximum Gasteiger partial charge on any atom is 0.226 e. The summed E-state index contributed by atoms with van der Waals surface area (Å²) in [7, 11) is 0. The molecule has 2 aromatic rings. The van der Waals surface area contributed by atoms with Gasteiger partial charge in [0.05, 0.1) is 5.69 Å². The Kier molecular flexibility index (Phi) is 5.03. The molecule has 0 fully saturated rings. The molecule has 0 spiro atoms. The van der Waals surface area contributed by atoms with Crippen molar-refractivity contribution in [3.8, 4) is 0 Å². The average Bonchev–Trinajstić information content (AvgIpc) is 2.87. The lowest BCUT2D eigenvalue weighted by Crippen LogP contribution is -2.25. The minimum absolute atomic E-state index is 0.117. The molecule has 1 aliphatic rings. The van der Waals surface area contributed by atoms with Gasteiger partial charge in [-0.05, 0) is 43.6 Å². The van der Waals surface area contributed by atoms with Crippen molar-refractivity contribution in [1.29, 1.82) is 0 Å². The van der Waals surface area contributed by atoms with Crippen LogP contribution in [0, 0.1) is 12.8 Å². The van der Waals surface area contributed by atoms with E-state index in [4.69, 9.17) is 5.10 Å². The zero-order chi connectivity index (χ0) is 17.1. The molecule has 0 saturated heterocycles. The van der Waals surface area contributed by atoms with Crippen LogP contribution < -0.4 is 5.32 Å². The Morgan fingerprint density at radius 2 is 2.04 bits per heavy atom. The van der Waals surface area contributed by atoms with Crippen LogP contribution in [-0.4, -0.2) is 15.7 Å². The Bertz CT molecular complexity index is 703. The molecule has 1 aliphatic heterocycles. The summed E-state index contributed by atoms with van der Waals surface area (Å²) in [6.45, 7) is 7.35. The molecule has 0 aliphatic carbocycles. The van der Waals surface area contributed by atoms with Crippen LogP contribution in [0.2, 0.25) is 0 Å². The molecule has 3 rings (SSSR count). The quantitative estimate of drug-likeness (QED) is 0.861. The first-order valence-electron chi connectivity index (χ1n) is 8.95. The van der Waals surface area contributed by atoms with Gasteiger partial charge in [0.1, 0.15) is 5.82 Å². The van der Waals surface area contributed by atoms with Crippen molar-refractivity contribution >= 4 is 11.7 Å². The fraction of sp³-hybridized carbons (Fsp3) is 0.500. The van der Waals surface area contributed by atoms with Crippen molar-refractivity contribution < 1.29 is 4.79 Å². The second-order valence-corrected chi connectivity index (χ2v) is 7.23. The van der Waals surface area contributed by atoms with Crippen molar-refractivity contribution in [2.75, 3.05) is 5.32 Å². The van der Waals surface area contributed by atoms with Crippen LogP contribution in [0.15, 0.2) is 30.3 Å². The van der Waals surface area contributed by atoms with E-state index in [0.29, 0.717) is 12.3 Å². The van der Waals surface area contributed by atoms with E-state index in [1.54, 1.807) is 0 Å². The summed E-state index contributed by atoms with van der Waals surface area (Å²) in [5.74, 6) is 1.94. The third-order valence-electron chi connectivity index (χ3n) is 4.81. The molecule has 4 heteroatoms. The molecule has 1 aromatic heterocycles. The third kappa shape index (κ3) is 3.69. The average molecular weight is 325 g/mol. The second kappa shape index (κ2) is 7.20. The van der Waals surface area contributed by atoms with Gasteiger partial charge in [0.25, 0.3) is 0 Å². The Morgan fingerprint density at radius 3 is 2.75 bits per heavy atom. The first-order valence-corrected chi connectivity index (χ1v) is 8.95. The first-order chi connectivity index (χ1) is 11.5. The maximum atomic E-state index is 12.2. The predicted octanol–water partition coefficient (Wildman–Crippen LogP) is 4.30. The van der Waals surface area contributed by atoms with Crippen LogP contribution in [-0.2, 0) is 17.8 Å². The maximum absolute atomic E-state index is 12.2. The van der Waals surface area contributed by atoms with Crippen molar-refractivity contribution in [1.82, 2.24) is 9.78 Å². The van der Waals surface area contributed by atoms with Crippen LogP contribution >= 0.6 is 0 Å². The molecular weight excluding hydrogens is 298 g/mol.